The highest BCUT2D eigenvalue weighted by molar-refractivity contribution is 6.35. The minimum Gasteiger partial charge on any atom is -0.322 e. The standard InChI is InChI=1S/C25H21ClN2O/c1-15-11-12-17(3)22(13-15)28-25(29)20-14-23(18-8-5-4-7-16(18)2)27-24-19(20)9-6-10-21(24)26/h4-14H,1-3H3,(H,28,29). The Hall–Kier alpha value is -3.17. The number of aromatic nitrogens is 1. The van der Waals surface area contributed by atoms with Crippen molar-refractivity contribution in [3.05, 3.63) is 94.0 Å². The number of carbonyl (C=O) groups is 1. The number of carbonyl (C=O) groups excluding carboxylic acids is 1. The summed E-state index contributed by atoms with van der Waals surface area (Å²) in [7, 11) is 0. The van der Waals surface area contributed by atoms with Crippen molar-refractivity contribution in [1.29, 1.82) is 0 Å². The molecule has 0 atom stereocenters. The Morgan fingerprint density at radius 2 is 1.69 bits per heavy atom. The van der Waals surface area contributed by atoms with E-state index in [0.717, 1.165) is 39.0 Å². The summed E-state index contributed by atoms with van der Waals surface area (Å²) in [6, 6.07) is 21.4. The maximum absolute atomic E-state index is 13.3. The molecule has 0 fully saturated rings. The van der Waals surface area contributed by atoms with Gasteiger partial charge >= 0.3 is 0 Å². The van der Waals surface area contributed by atoms with Gasteiger partial charge in [-0.3, -0.25) is 4.79 Å². The number of nitrogens with one attached hydrogen (secondary N) is 1. The van der Waals surface area contributed by atoms with Crippen LogP contribution in [0, 0.1) is 20.8 Å². The number of rotatable bonds is 3. The van der Waals surface area contributed by atoms with Crippen LogP contribution in [0.1, 0.15) is 27.0 Å². The van der Waals surface area contributed by atoms with Crippen LogP contribution in [0.3, 0.4) is 0 Å². The lowest BCUT2D eigenvalue weighted by molar-refractivity contribution is 0.102. The number of hydrogen-bond donors (Lipinski definition) is 1. The quantitative estimate of drug-likeness (QED) is 0.414. The van der Waals surface area contributed by atoms with E-state index in [9.17, 15) is 4.79 Å². The molecule has 4 aromatic rings. The SMILES string of the molecule is Cc1ccc(C)c(NC(=O)c2cc(-c3ccccc3C)nc3c(Cl)cccc23)c1. The van der Waals surface area contributed by atoms with Crippen LogP contribution in [0.2, 0.25) is 5.02 Å². The lowest BCUT2D eigenvalue weighted by Crippen LogP contribution is -2.14. The third-order valence-electron chi connectivity index (χ3n) is 5.10. The van der Waals surface area contributed by atoms with E-state index in [1.165, 1.54) is 0 Å². The van der Waals surface area contributed by atoms with Gasteiger partial charge < -0.3 is 5.32 Å². The van der Waals surface area contributed by atoms with Gasteiger partial charge in [-0.05, 0) is 55.7 Å². The van der Waals surface area contributed by atoms with Crippen LogP contribution >= 0.6 is 11.6 Å². The predicted molar refractivity (Wildman–Crippen MR) is 121 cm³/mol. The van der Waals surface area contributed by atoms with Crippen molar-refractivity contribution in [3.63, 3.8) is 0 Å². The summed E-state index contributed by atoms with van der Waals surface area (Å²) in [5.41, 5.74) is 6.89. The Morgan fingerprint density at radius 3 is 2.48 bits per heavy atom. The second kappa shape index (κ2) is 7.69. The molecule has 0 saturated heterocycles. The molecule has 0 bridgehead atoms. The van der Waals surface area contributed by atoms with Gasteiger partial charge in [0.05, 0.1) is 21.8 Å². The van der Waals surface area contributed by atoms with Gasteiger partial charge in [0.2, 0.25) is 0 Å². The molecule has 0 aliphatic rings. The monoisotopic (exact) mass is 400 g/mol. The maximum atomic E-state index is 13.3. The zero-order valence-electron chi connectivity index (χ0n) is 16.6. The number of para-hydroxylation sites is 1. The highest BCUT2D eigenvalue weighted by atomic mass is 35.5. The molecule has 4 rings (SSSR count). The molecule has 1 heterocycles. The molecule has 1 amide bonds. The number of fused-ring (bicyclic) bond motifs is 1. The fraction of sp³-hybridized carbons (Fsp3) is 0.120. The van der Waals surface area contributed by atoms with Crippen LogP contribution in [0.15, 0.2) is 66.7 Å². The van der Waals surface area contributed by atoms with E-state index in [1.807, 2.05) is 81.4 Å². The van der Waals surface area contributed by atoms with Crippen LogP contribution in [0.5, 0.6) is 0 Å². The largest absolute Gasteiger partial charge is 0.322 e. The topological polar surface area (TPSA) is 42.0 Å². The van der Waals surface area contributed by atoms with E-state index in [2.05, 4.69) is 5.32 Å². The first-order valence-corrected chi connectivity index (χ1v) is 9.86. The second-order valence-electron chi connectivity index (χ2n) is 7.28. The van der Waals surface area contributed by atoms with Crippen LogP contribution in [-0.2, 0) is 0 Å². The lowest BCUT2D eigenvalue weighted by Gasteiger charge is -2.14. The van der Waals surface area contributed by atoms with Gasteiger partial charge in [-0.25, -0.2) is 4.98 Å². The van der Waals surface area contributed by atoms with Gasteiger partial charge in [-0.2, -0.15) is 0 Å². The average molecular weight is 401 g/mol. The summed E-state index contributed by atoms with van der Waals surface area (Å²) in [6.45, 7) is 6.02. The summed E-state index contributed by atoms with van der Waals surface area (Å²) in [6.07, 6.45) is 0. The Morgan fingerprint density at radius 1 is 0.897 bits per heavy atom. The maximum Gasteiger partial charge on any atom is 0.256 e. The Bertz CT molecular complexity index is 1250. The molecule has 1 aromatic heterocycles. The van der Waals surface area contributed by atoms with Crippen molar-refractivity contribution in [3.8, 4) is 11.3 Å². The van der Waals surface area contributed by atoms with E-state index in [1.54, 1.807) is 6.07 Å². The Balaban J connectivity index is 1.88. The average Bonchev–Trinajstić information content (AvgIpc) is 2.71. The molecular formula is C25H21ClN2O. The molecule has 0 aliphatic heterocycles. The van der Waals surface area contributed by atoms with E-state index >= 15 is 0 Å². The molecule has 3 aromatic carbocycles. The van der Waals surface area contributed by atoms with Gasteiger partial charge in [-0.15, -0.1) is 0 Å². The van der Waals surface area contributed by atoms with Crippen LogP contribution in [0.4, 0.5) is 5.69 Å². The van der Waals surface area contributed by atoms with E-state index < -0.39 is 0 Å². The summed E-state index contributed by atoms with van der Waals surface area (Å²) in [5, 5.41) is 4.32. The van der Waals surface area contributed by atoms with Crippen molar-refractivity contribution in [2.45, 2.75) is 20.8 Å². The summed E-state index contributed by atoms with van der Waals surface area (Å²) in [4.78, 5) is 18.1. The first-order chi connectivity index (χ1) is 13.9. The van der Waals surface area contributed by atoms with Crippen molar-refractivity contribution < 1.29 is 4.79 Å². The molecule has 1 N–H and O–H groups in total. The number of benzene rings is 3. The first kappa shape index (κ1) is 19.2. The summed E-state index contributed by atoms with van der Waals surface area (Å²) >= 11 is 6.44. The highest BCUT2D eigenvalue weighted by Crippen LogP contribution is 2.31. The van der Waals surface area contributed by atoms with Gasteiger partial charge in [0, 0.05) is 16.6 Å². The summed E-state index contributed by atoms with van der Waals surface area (Å²) in [5.74, 6) is -0.178. The van der Waals surface area contributed by atoms with Crippen LogP contribution < -0.4 is 5.32 Å². The third kappa shape index (κ3) is 3.74. The number of pyridine rings is 1. The number of anilines is 1. The van der Waals surface area contributed by atoms with E-state index in [0.29, 0.717) is 16.1 Å². The molecule has 0 spiro atoms. The molecule has 4 heteroatoms. The zero-order chi connectivity index (χ0) is 20.5. The van der Waals surface area contributed by atoms with Gasteiger partial charge in [-0.1, -0.05) is 60.1 Å². The number of halogens is 1. The number of amides is 1. The number of hydrogen-bond acceptors (Lipinski definition) is 2. The third-order valence-corrected chi connectivity index (χ3v) is 5.40. The van der Waals surface area contributed by atoms with Crippen molar-refractivity contribution in [1.82, 2.24) is 4.98 Å². The Kier molecular flexibility index (Phi) is 5.08. The van der Waals surface area contributed by atoms with Crippen molar-refractivity contribution in [2.24, 2.45) is 0 Å². The molecule has 0 aliphatic carbocycles. The van der Waals surface area contributed by atoms with Crippen molar-refractivity contribution >= 4 is 34.1 Å². The predicted octanol–water partition coefficient (Wildman–Crippen LogP) is 6.73. The molecular weight excluding hydrogens is 380 g/mol. The fourth-order valence-electron chi connectivity index (χ4n) is 3.46. The molecule has 0 saturated carbocycles. The molecule has 29 heavy (non-hydrogen) atoms. The lowest BCUT2D eigenvalue weighted by atomic mass is 10.0. The summed E-state index contributed by atoms with van der Waals surface area (Å²) < 4.78 is 0. The second-order valence-corrected chi connectivity index (χ2v) is 7.69. The van der Waals surface area contributed by atoms with Crippen LogP contribution in [0.25, 0.3) is 22.2 Å². The van der Waals surface area contributed by atoms with Gasteiger partial charge in [0.15, 0.2) is 0 Å². The smallest absolute Gasteiger partial charge is 0.256 e. The normalized spacial score (nSPS) is 10.9. The molecule has 144 valence electrons. The number of nitrogens with zero attached hydrogens (tertiary/aromatic N) is 1. The van der Waals surface area contributed by atoms with Gasteiger partial charge in [0.1, 0.15) is 0 Å². The fourth-order valence-corrected chi connectivity index (χ4v) is 3.68. The first-order valence-electron chi connectivity index (χ1n) is 9.48. The highest BCUT2D eigenvalue weighted by Gasteiger charge is 2.17. The molecule has 0 radical (unpaired) electrons. The van der Waals surface area contributed by atoms with Gasteiger partial charge in [0.25, 0.3) is 5.91 Å². The molecule has 0 unspecified atom stereocenters. The van der Waals surface area contributed by atoms with Crippen LogP contribution in [-0.4, -0.2) is 10.9 Å². The van der Waals surface area contributed by atoms with E-state index in [-0.39, 0.29) is 5.91 Å². The zero-order valence-corrected chi connectivity index (χ0v) is 17.3. The van der Waals surface area contributed by atoms with E-state index in [4.69, 9.17) is 16.6 Å². The molecule has 3 nitrogen and oxygen atoms in total. The number of aryl methyl sites for hydroxylation is 3. The minimum atomic E-state index is -0.178. The minimum absolute atomic E-state index is 0.178. The Labute approximate surface area is 175 Å². The van der Waals surface area contributed by atoms with Crippen molar-refractivity contribution in [2.75, 3.05) is 5.32 Å².